The Kier molecular flexibility index (Phi) is 3.52. The predicted molar refractivity (Wildman–Crippen MR) is 103 cm³/mol. The number of allylic oxidation sites excluding steroid dienone is 1. The first-order valence-corrected chi connectivity index (χ1v) is 11.4. The van der Waals surface area contributed by atoms with Crippen LogP contribution in [0.15, 0.2) is 11.6 Å². The van der Waals surface area contributed by atoms with Crippen molar-refractivity contribution >= 4 is 10.4 Å². The van der Waals surface area contributed by atoms with E-state index in [9.17, 15) is 13.5 Å². The van der Waals surface area contributed by atoms with Gasteiger partial charge in [-0.25, -0.2) is 4.18 Å². The molecule has 4 aliphatic carbocycles. The number of hydrogen-bond acceptors (Lipinski definition) is 4. The van der Waals surface area contributed by atoms with Gasteiger partial charge in [-0.3, -0.25) is 4.55 Å². The molecule has 0 bridgehead atoms. The van der Waals surface area contributed by atoms with Crippen LogP contribution in [0, 0.1) is 34.5 Å². The maximum Gasteiger partial charge on any atom is 0.397 e. The van der Waals surface area contributed by atoms with Gasteiger partial charge in [0.25, 0.3) is 0 Å². The van der Waals surface area contributed by atoms with Crippen molar-refractivity contribution in [2.45, 2.75) is 84.2 Å². The lowest BCUT2D eigenvalue weighted by Crippen LogP contribution is -2.51. The molecule has 0 aromatic rings. The highest BCUT2D eigenvalue weighted by Gasteiger charge is 2.59. The molecule has 0 unspecified atom stereocenters. The summed E-state index contributed by atoms with van der Waals surface area (Å²) in [5.74, 6) is -1.20. The van der Waals surface area contributed by atoms with Crippen molar-refractivity contribution in [1.29, 1.82) is 0 Å². The molecule has 5 nitrogen and oxygen atoms in total. The van der Waals surface area contributed by atoms with Crippen molar-refractivity contribution in [1.82, 2.24) is 0 Å². The Bertz CT molecular complexity index is 918. The van der Waals surface area contributed by atoms with Crippen LogP contribution in [-0.4, -0.2) is 30.3 Å². The first-order valence-electron chi connectivity index (χ1n) is 12.5. The van der Waals surface area contributed by atoms with Gasteiger partial charge in [-0.15, -0.1) is 0 Å². The molecule has 0 saturated heterocycles. The largest absolute Gasteiger partial charge is 0.397 e. The van der Waals surface area contributed by atoms with Crippen molar-refractivity contribution in [2.75, 3.05) is 0 Å². The van der Waals surface area contributed by atoms with Gasteiger partial charge in [-0.1, -0.05) is 25.5 Å². The standard InChI is InChI=1S/C21H34O5S/c1-13(22)17-6-7-18-16-5-4-14-12-15(26-27(23,24)25)8-10-20(14,2)19(16)9-11-21(17,18)3/h4,13,15-19,22H,5-12H2,1-3H3,(H,23,24,25)/t13-,15+,16-,17+,18-,19-,20-,21+/m0/s1/i1D3,13D,17D. The van der Waals surface area contributed by atoms with Gasteiger partial charge >= 0.3 is 10.4 Å². The van der Waals surface area contributed by atoms with E-state index in [0.717, 1.165) is 24.8 Å². The number of aliphatic hydroxyl groups is 1. The van der Waals surface area contributed by atoms with Gasteiger partial charge in [0.2, 0.25) is 0 Å². The number of hydrogen-bond donors (Lipinski definition) is 2. The Hall–Kier alpha value is -0.430. The van der Waals surface area contributed by atoms with Crippen LogP contribution >= 0.6 is 0 Å². The molecule has 0 radical (unpaired) electrons. The molecule has 0 heterocycles. The molecular weight excluding hydrogens is 364 g/mol. The van der Waals surface area contributed by atoms with E-state index < -0.39 is 40.7 Å². The van der Waals surface area contributed by atoms with Gasteiger partial charge in [-0.05, 0) is 92.7 Å². The van der Waals surface area contributed by atoms with E-state index in [0.29, 0.717) is 31.6 Å². The highest BCUT2D eigenvalue weighted by Crippen LogP contribution is 2.66. The molecule has 6 heteroatoms. The predicted octanol–water partition coefficient (Wildman–Crippen LogP) is 4.13. The van der Waals surface area contributed by atoms with Crippen molar-refractivity contribution in [3.05, 3.63) is 11.6 Å². The van der Waals surface area contributed by atoms with E-state index in [4.69, 9.17) is 15.6 Å². The van der Waals surface area contributed by atoms with Crippen LogP contribution in [0.3, 0.4) is 0 Å². The lowest BCUT2D eigenvalue weighted by Gasteiger charge is -2.58. The smallest absolute Gasteiger partial charge is 0.393 e. The van der Waals surface area contributed by atoms with E-state index >= 15 is 0 Å². The summed E-state index contributed by atoms with van der Waals surface area (Å²) in [6.45, 7) is 1.15. The summed E-state index contributed by atoms with van der Waals surface area (Å²) in [7, 11) is -4.50. The first kappa shape index (κ1) is 14.5. The minimum atomic E-state index is -4.50. The van der Waals surface area contributed by atoms with E-state index in [2.05, 4.69) is 13.0 Å². The summed E-state index contributed by atoms with van der Waals surface area (Å²) in [4.78, 5) is 0. The third-order valence-electron chi connectivity index (χ3n) is 8.39. The summed E-state index contributed by atoms with van der Waals surface area (Å²) < 4.78 is 76.8. The fraction of sp³-hybridized carbons (Fsp3) is 0.905. The van der Waals surface area contributed by atoms with E-state index in [1.54, 1.807) is 0 Å². The first-order chi connectivity index (χ1) is 14.5. The van der Waals surface area contributed by atoms with E-state index in [-0.39, 0.29) is 23.7 Å². The lowest BCUT2D eigenvalue weighted by molar-refractivity contribution is -0.0666. The molecule has 0 aromatic carbocycles. The Labute approximate surface area is 170 Å². The second kappa shape index (κ2) is 6.54. The van der Waals surface area contributed by atoms with Gasteiger partial charge in [0.05, 0.1) is 13.6 Å². The second-order valence-electron chi connectivity index (χ2n) is 9.47. The Morgan fingerprint density at radius 2 is 2.07 bits per heavy atom. The quantitative estimate of drug-likeness (QED) is 0.547. The zero-order chi connectivity index (χ0) is 24.0. The minimum Gasteiger partial charge on any atom is -0.393 e. The Morgan fingerprint density at radius 3 is 2.78 bits per heavy atom. The fourth-order valence-electron chi connectivity index (χ4n) is 7.08. The monoisotopic (exact) mass is 403 g/mol. The third kappa shape index (κ3) is 3.21. The Morgan fingerprint density at radius 1 is 1.30 bits per heavy atom. The average molecular weight is 404 g/mol. The maximum absolute atomic E-state index is 11.2. The van der Waals surface area contributed by atoms with E-state index in [1.807, 2.05) is 6.92 Å². The molecule has 0 spiro atoms. The van der Waals surface area contributed by atoms with Crippen LogP contribution in [0.1, 0.15) is 78.9 Å². The molecule has 8 atom stereocenters. The van der Waals surface area contributed by atoms with Gasteiger partial charge in [0.1, 0.15) is 0 Å². The molecular formula is C21H34O5S. The summed E-state index contributed by atoms with van der Waals surface area (Å²) in [6.07, 6.45) is 3.35. The van der Waals surface area contributed by atoms with Crippen molar-refractivity contribution < 1.29 is 29.1 Å². The van der Waals surface area contributed by atoms with Crippen LogP contribution in [0.4, 0.5) is 0 Å². The number of fused-ring (bicyclic) bond motifs is 5. The van der Waals surface area contributed by atoms with Crippen molar-refractivity contribution in [2.24, 2.45) is 34.5 Å². The highest BCUT2D eigenvalue weighted by molar-refractivity contribution is 7.80. The van der Waals surface area contributed by atoms with Crippen LogP contribution in [0.5, 0.6) is 0 Å². The molecule has 154 valence electrons. The molecule has 2 N–H and O–H groups in total. The molecule has 4 aliphatic rings. The van der Waals surface area contributed by atoms with Crippen LogP contribution < -0.4 is 0 Å². The second-order valence-corrected chi connectivity index (χ2v) is 10.5. The zero-order valence-corrected chi connectivity index (χ0v) is 16.9. The zero-order valence-electron chi connectivity index (χ0n) is 21.1. The number of rotatable bonds is 3. The highest BCUT2D eigenvalue weighted by atomic mass is 32.3. The van der Waals surface area contributed by atoms with Gasteiger partial charge in [0, 0.05) is 5.48 Å². The molecule has 27 heavy (non-hydrogen) atoms. The topological polar surface area (TPSA) is 83.8 Å². The van der Waals surface area contributed by atoms with Gasteiger partial charge in [0.15, 0.2) is 0 Å². The summed E-state index contributed by atoms with van der Waals surface area (Å²) in [5.41, 5.74) is 0.237. The maximum atomic E-state index is 11.2. The van der Waals surface area contributed by atoms with Crippen LogP contribution in [-0.2, 0) is 14.6 Å². The molecule has 0 aromatic heterocycles. The average Bonchev–Trinajstić information content (AvgIpc) is 2.93. The van der Waals surface area contributed by atoms with E-state index in [1.165, 1.54) is 0 Å². The van der Waals surface area contributed by atoms with Gasteiger partial charge < -0.3 is 5.11 Å². The molecule has 4 rings (SSSR count). The minimum absolute atomic E-state index is 0.0411. The van der Waals surface area contributed by atoms with Gasteiger partial charge in [-0.2, -0.15) is 8.42 Å². The van der Waals surface area contributed by atoms with Crippen LogP contribution in [0.25, 0.3) is 0 Å². The van der Waals surface area contributed by atoms with Crippen LogP contribution in [0.2, 0.25) is 0 Å². The lowest BCUT2D eigenvalue weighted by atomic mass is 9.47. The third-order valence-corrected chi connectivity index (χ3v) is 8.90. The fourth-order valence-corrected chi connectivity index (χ4v) is 7.59. The molecule has 0 aliphatic heterocycles. The van der Waals surface area contributed by atoms with Crippen molar-refractivity contribution in [3.63, 3.8) is 0 Å². The SMILES string of the molecule is [2H]C([2H])([2H])[C@]([2H])(O)[C@@]1([2H])CC[C@H]2[C@@H]3CC=C4C[C@H](OS(=O)(=O)O)CC[C@]4(C)[C@H]3CC[C@@]21C. The van der Waals surface area contributed by atoms with Crippen molar-refractivity contribution in [3.8, 4) is 0 Å². The normalized spacial score (nSPS) is 55.3. The molecule has 3 fully saturated rings. The molecule has 3 saturated carbocycles. The Balaban J connectivity index is 1.63. The summed E-state index contributed by atoms with van der Waals surface area (Å²) >= 11 is 0. The summed E-state index contributed by atoms with van der Waals surface area (Å²) in [5, 5.41) is 10.8. The summed E-state index contributed by atoms with van der Waals surface area (Å²) in [6, 6.07) is 0. The molecule has 0 amide bonds.